The summed E-state index contributed by atoms with van der Waals surface area (Å²) in [4.78, 5) is 17.2. The Morgan fingerprint density at radius 3 is 2.78 bits per heavy atom. The molecule has 1 atom stereocenters. The fourth-order valence-electron chi connectivity index (χ4n) is 2.52. The number of carbonyl (C=O) groups excluding carboxylic acids is 1. The number of benzene rings is 1. The Kier molecular flexibility index (Phi) is 5.98. The number of hydroxylamine groups is 1. The maximum Gasteiger partial charge on any atom is 0.412 e. The van der Waals surface area contributed by atoms with E-state index in [0.29, 0.717) is 13.2 Å². The van der Waals surface area contributed by atoms with Crippen LogP contribution in [0.25, 0.3) is 0 Å². The van der Waals surface area contributed by atoms with Crippen molar-refractivity contribution in [3.05, 3.63) is 29.3 Å². The van der Waals surface area contributed by atoms with Crippen molar-refractivity contribution in [3.63, 3.8) is 0 Å². The average Bonchev–Trinajstić information content (AvgIpc) is 2.84. The lowest BCUT2D eigenvalue weighted by atomic mass is 10.1. The lowest BCUT2D eigenvalue weighted by Crippen LogP contribution is -2.27. The third kappa shape index (κ3) is 5.49. The van der Waals surface area contributed by atoms with Crippen LogP contribution in [-0.4, -0.2) is 32.0 Å². The molecule has 128 valence electrons. The number of carbonyl (C=O) groups is 1. The first-order chi connectivity index (χ1) is 10.9. The first-order valence-electron chi connectivity index (χ1n) is 7.88. The molecule has 1 aromatic carbocycles. The number of rotatable bonds is 6. The van der Waals surface area contributed by atoms with Gasteiger partial charge in [-0.3, -0.25) is 10.2 Å². The molecule has 2 rings (SSSR count). The van der Waals surface area contributed by atoms with E-state index >= 15 is 0 Å². The van der Waals surface area contributed by atoms with Crippen LogP contribution in [0.1, 0.15) is 44.4 Å². The molecular weight excluding hydrogens is 296 g/mol. The van der Waals surface area contributed by atoms with Gasteiger partial charge in [-0.1, -0.05) is 6.07 Å². The van der Waals surface area contributed by atoms with Crippen LogP contribution in [-0.2, 0) is 20.7 Å². The quantitative estimate of drug-likeness (QED) is 0.622. The molecule has 0 spiro atoms. The van der Waals surface area contributed by atoms with Crippen molar-refractivity contribution in [3.8, 4) is 0 Å². The minimum absolute atomic E-state index is 0.178. The molecule has 6 nitrogen and oxygen atoms in total. The van der Waals surface area contributed by atoms with Gasteiger partial charge in [-0.05, 0) is 56.9 Å². The summed E-state index contributed by atoms with van der Waals surface area (Å²) in [6.07, 6.45) is 1.48. The minimum atomic E-state index is -0.505. The van der Waals surface area contributed by atoms with Gasteiger partial charge in [-0.2, -0.15) is 5.48 Å². The molecule has 0 aromatic heterocycles. The summed E-state index contributed by atoms with van der Waals surface area (Å²) in [5.74, 6) is 0. The highest BCUT2D eigenvalue weighted by atomic mass is 16.7. The van der Waals surface area contributed by atoms with E-state index in [1.54, 1.807) is 7.11 Å². The number of methoxy groups -OCH3 is 1. The van der Waals surface area contributed by atoms with Gasteiger partial charge in [-0.15, -0.1) is 0 Å². The molecule has 1 aliphatic rings. The molecule has 0 bridgehead atoms. The third-order valence-corrected chi connectivity index (χ3v) is 3.48. The van der Waals surface area contributed by atoms with Gasteiger partial charge in [0, 0.05) is 12.8 Å². The van der Waals surface area contributed by atoms with E-state index in [-0.39, 0.29) is 6.04 Å². The van der Waals surface area contributed by atoms with Crippen LogP contribution in [0.15, 0.2) is 18.2 Å². The largest absolute Gasteiger partial charge is 0.444 e. The first kappa shape index (κ1) is 17.7. The zero-order valence-electron chi connectivity index (χ0n) is 14.3. The number of ether oxygens (including phenoxy) is 2. The van der Waals surface area contributed by atoms with E-state index in [2.05, 4.69) is 10.8 Å². The van der Waals surface area contributed by atoms with E-state index in [1.165, 1.54) is 11.1 Å². The number of fused-ring (bicyclic) bond motifs is 1. The SMILES string of the molecule is COCCONC1CCc2cc(NC(=O)OC(C)(C)C)ccc21. The second kappa shape index (κ2) is 7.77. The number of amides is 1. The number of hydrogen-bond donors (Lipinski definition) is 2. The zero-order valence-corrected chi connectivity index (χ0v) is 14.3. The summed E-state index contributed by atoms with van der Waals surface area (Å²) < 4.78 is 10.2. The summed E-state index contributed by atoms with van der Waals surface area (Å²) >= 11 is 0. The van der Waals surface area contributed by atoms with Gasteiger partial charge in [-0.25, -0.2) is 4.79 Å². The second-order valence-corrected chi connectivity index (χ2v) is 6.59. The summed E-state index contributed by atoms with van der Waals surface area (Å²) in [7, 11) is 1.65. The third-order valence-electron chi connectivity index (χ3n) is 3.48. The predicted octanol–water partition coefficient (Wildman–Crippen LogP) is 3.19. The number of aryl methyl sites for hydroxylation is 1. The van der Waals surface area contributed by atoms with Gasteiger partial charge >= 0.3 is 6.09 Å². The molecule has 0 radical (unpaired) electrons. The second-order valence-electron chi connectivity index (χ2n) is 6.59. The van der Waals surface area contributed by atoms with Crippen molar-refractivity contribution in [1.29, 1.82) is 0 Å². The smallest absolute Gasteiger partial charge is 0.412 e. The minimum Gasteiger partial charge on any atom is -0.444 e. The van der Waals surface area contributed by atoms with Crippen molar-refractivity contribution >= 4 is 11.8 Å². The zero-order chi connectivity index (χ0) is 16.9. The first-order valence-corrected chi connectivity index (χ1v) is 7.88. The highest BCUT2D eigenvalue weighted by Crippen LogP contribution is 2.33. The van der Waals surface area contributed by atoms with Gasteiger partial charge in [0.25, 0.3) is 0 Å². The molecule has 0 heterocycles. The van der Waals surface area contributed by atoms with Gasteiger partial charge in [0.15, 0.2) is 0 Å². The molecule has 0 aliphatic heterocycles. The van der Waals surface area contributed by atoms with Crippen LogP contribution in [0.4, 0.5) is 10.5 Å². The lowest BCUT2D eigenvalue weighted by molar-refractivity contribution is -0.0121. The molecule has 0 fully saturated rings. The maximum absolute atomic E-state index is 11.8. The van der Waals surface area contributed by atoms with E-state index in [0.717, 1.165) is 18.5 Å². The average molecular weight is 322 g/mol. The molecule has 0 saturated heterocycles. The topological polar surface area (TPSA) is 68.8 Å². The highest BCUT2D eigenvalue weighted by molar-refractivity contribution is 5.85. The van der Waals surface area contributed by atoms with Crippen LogP contribution in [0.5, 0.6) is 0 Å². The van der Waals surface area contributed by atoms with Crippen molar-refractivity contribution in [2.24, 2.45) is 0 Å². The Labute approximate surface area is 137 Å². The summed E-state index contributed by atoms with van der Waals surface area (Å²) in [5.41, 5.74) is 5.74. The Morgan fingerprint density at radius 2 is 2.09 bits per heavy atom. The van der Waals surface area contributed by atoms with Crippen LogP contribution in [0.3, 0.4) is 0 Å². The number of nitrogens with one attached hydrogen (secondary N) is 2. The van der Waals surface area contributed by atoms with Gasteiger partial charge in [0.05, 0.1) is 19.3 Å². The van der Waals surface area contributed by atoms with E-state index in [4.69, 9.17) is 14.3 Å². The summed E-state index contributed by atoms with van der Waals surface area (Å²) in [6, 6.07) is 6.08. The molecule has 1 unspecified atom stereocenters. The fourth-order valence-corrected chi connectivity index (χ4v) is 2.52. The fraction of sp³-hybridized carbons (Fsp3) is 0.588. The maximum atomic E-state index is 11.8. The monoisotopic (exact) mass is 322 g/mol. The molecule has 1 aromatic rings. The Balaban J connectivity index is 1.92. The van der Waals surface area contributed by atoms with Crippen molar-refractivity contribution in [2.75, 3.05) is 25.6 Å². The summed E-state index contributed by atoms with van der Waals surface area (Å²) in [6.45, 7) is 6.60. The van der Waals surface area contributed by atoms with Crippen molar-refractivity contribution in [1.82, 2.24) is 5.48 Å². The Hall–Kier alpha value is -1.63. The standard InChI is InChI=1S/C17H26N2O4/c1-17(2,3)23-16(20)18-13-6-7-14-12(11-13)5-8-15(14)19-22-10-9-21-4/h6-7,11,15,19H,5,8-10H2,1-4H3,(H,18,20). The molecule has 2 N–H and O–H groups in total. The van der Waals surface area contributed by atoms with E-state index in [9.17, 15) is 4.79 Å². The van der Waals surface area contributed by atoms with Crippen LogP contribution in [0, 0.1) is 0 Å². The molecule has 0 saturated carbocycles. The molecule has 23 heavy (non-hydrogen) atoms. The van der Waals surface area contributed by atoms with Gasteiger partial charge in [0.2, 0.25) is 0 Å². The van der Waals surface area contributed by atoms with E-state index in [1.807, 2.05) is 39.0 Å². The predicted molar refractivity (Wildman–Crippen MR) is 88.3 cm³/mol. The lowest BCUT2D eigenvalue weighted by Gasteiger charge is -2.20. The molecular formula is C17H26N2O4. The Bertz CT molecular complexity index is 540. The van der Waals surface area contributed by atoms with Crippen LogP contribution < -0.4 is 10.8 Å². The van der Waals surface area contributed by atoms with Crippen molar-refractivity contribution in [2.45, 2.75) is 45.3 Å². The van der Waals surface area contributed by atoms with Gasteiger partial charge < -0.3 is 9.47 Å². The molecule has 1 aliphatic carbocycles. The van der Waals surface area contributed by atoms with Gasteiger partial charge in [0.1, 0.15) is 5.60 Å². The molecule has 6 heteroatoms. The Morgan fingerprint density at radius 1 is 1.30 bits per heavy atom. The normalized spacial score (nSPS) is 17.0. The van der Waals surface area contributed by atoms with E-state index < -0.39 is 11.7 Å². The number of hydrogen-bond acceptors (Lipinski definition) is 5. The van der Waals surface area contributed by atoms with Crippen molar-refractivity contribution < 1.29 is 19.1 Å². The van der Waals surface area contributed by atoms with Crippen LogP contribution >= 0.6 is 0 Å². The summed E-state index contributed by atoms with van der Waals surface area (Å²) in [5, 5.41) is 2.77. The highest BCUT2D eigenvalue weighted by Gasteiger charge is 2.23. The number of anilines is 1. The van der Waals surface area contributed by atoms with Crippen LogP contribution in [0.2, 0.25) is 0 Å². The molecule has 1 amide bonds.